The van der Waals surface area contributed by atoms with Crippen LogP contribution in [0.25, 0.3) is 0 Å². The van der Waals surface area contributed by atoms with Gasteiger partial charge in [-0.3, -0.25) is 10.6 Å². The third kappa shape index (κ3) is 2.40. The molecule has 1 spiro atoms. The van der Waals surface area contributed by atoms with Crippen molar-refractivity contribution in [1.29, 1.82) is 5.41 Å². The number of rotatable bonds is 2. The van der Waals surface area contributed by atoms with Gasteiger partial charge < -0.3 is 9.64 Å². The van der Waals surface area contributed by atoms with Gasteiger partial charge in [-0.15, -0.1) is 0 Å². The van der Waals surface area contributed by atoms with Crippen LogP contribution in [-0.2, 0) is 0 Å². The van der Waals surface area contributed by atoms with Crippen molar-refractivity contribution in [2.24, 2.45) is 0 Å². The first-order valence-corrected chi connectivity index (χ1v) is 8.11. The zero-order valence-electron chi connectivity index (χ0n) is 12.0. The Balaban J connectivity index is 1.92. The maximum absolute atomic E-state index is 8.94. The zero-order chi connectivity index (χ0) is 15.0. The molecule has 6 heteroatoms. The van der Waals surface area contributed by atoms with E-state index in [9.17, 15) is 0 Å². The van der Waals surface area contributed by atoms with Gasteiger partial charge in [0.1, 0.15) is 11.4 Å². The van der Waals surface area contributed by atoms with Crippen molar-refractivity contribution in [1.82, 2.24) is 10.4 Å². The molecule has 1 saturated heterocycles. The Hall–Kier alpha value is -1.27. The van der Waals surface area contributed by atoms with Crippen molar-refractivity contribution < 1.29 is 9.94 Å². The van der Waals surface area contributed by atoms with Gasteiger partial charge in [-0.2, -0.15) is 0 Å². The molecule has 2 heterocycles. The first kappa shape index (κ1) is 14.7. The number of nitrogens with one attached hydrogen (secondary N) is 2. The summed E-state index contributed by atoms with van der Waals surface area (Å²) in [6.45, 7) is 3.55. The van der Waals surface area contributed by atoms with E-state index in [0.29, 0.717) is 12.5 Å². The van der Waals surface area contributed by atoms with Gasteiger partial charge in [0, 0.05) is 28.9 Å². The van der Waals surface area contributed by atoms with Crippen LogP contribution in [0.2, 0.25) is 0 Å². The largest absolute Gasteiger partial charge is 0.484 e. The Kier molecular flexibility index (Phi) is 3.84. The monoisotopic (exact) mass is 353 g/mol. The van der Waals surface area contributed by atoms with E-state index in [-0.39, 0.29) is 11.6 Å². The summed E-state index contributed by atoms with van der Waals surface area (Å²) in [5, 5.41) is 16.7. The topological polar surface area (TPSA) is 68.6 Å². The van der Waals surface area contributed by atoms with E-state index in [1.165, 1.54) is 5.56 Å². The normalized spacial score (nSPS) is 26.8. The molecule has 0 amide bonds. The highest BCUT2D eigenvalue weighted by Gasteiger charge is 2.52. The maximum atomic E-state index is 8.94. The number of likely N-dealkylation sites (tertiary alicyclic amines) is 1. The lowest BCUT2D eigenvalue weighted by atomic mass is 9.80. The Morgan fingerprint density at radius 2 is 2.43 bits per heavy atom. The fourth-order valence-corrected chi connectivity index (χ4v) is 3.98. The van der Waals surface area contributed by atoms with Crippen molar-refractivity contribution in [2.75, 3.05) is 13.1 Å². The Morgan fingerprint density at radius 1 is 1.62 bits per heavy atom. The molecule has 0 aromatic heterocycles. The van der Waals surface area contributed by atoms with Gasteiger partial charge in [-0.25, -0.2) is 5.48 Å². The number of hydrogen-bond donors (Lipinski definition) is 3. The van der Waals surface area contributed by atoms with Gasteiger partial charge in [0.05, 0.1) is 6.54 Å². The number of hydrogen-bond acceptors (Lipinski definition) is 3. The molecule has 0 saturated carbocycles. The molecule has 114 valence electrons. The highest BCUT2D eigenvalue weighted by atomic mass is 79.9. The van der Waals surface area contributed by atoms with E-state index in [0.717, 1.165) is 36.0 Å². The average molecular weight is 354 g/mol. The lowest BCUT2D eigenvalue weighted by Crippen LogP contribution is -2.44. The van der Waals surface area contributed by atoms with Crippen LogP contribution in [-0.4, -0.2) is 34.8 Å². The summed E-state index contributed by atoms with van der Waals surface area (Å²) in [4.78, 5) is 1.84. The van der Waals surface area contributed by atoms with Gasteiger partial charge in [0.25, 0.3) is 0 Å². The molecule has 0 bridgehead atoms. The molecular weight excluding hydrogens is 334 g/mol. The van der Waals surface area contributed by atoms with E-state index in [1.54, 1.807) is 0 Å². The number of halogens is 1. The van der Waals surface area contributed by atoms with Crippen LogP contribution in [0, 0.1) is 5.41 Å². The minimum Gasteiger partial charge on any atom is -0.484 e. The smallest absolute Gasteiger partial charge is 0.215 e. The molecule has 1 fully saturated rings. The Bertz CT molecular complexity index is 566. The van der Waals surface area contributed by atoms with Crippen LogP contribution >= 0.6 is 15.9 Å². The second kappa shape index (κ2) is 5.50. The second-order valence-corrected chi connectivity index (χ2v) is 6.74. The molecule has 0 aliphatic carbocycles. The lowest BCUT2D eigenvalue weighted by Gasteiger charge is -2.30. The van der Waals surface area contributed by atoms with Gasteiger partial charge in [0.15, 0.2) is 0 Å². The summed E-state index contributed by atoms with van der Waals surface area (Å²) < 4.78 is 7.40. The van der Waals surface area contributed by atoms with E-state index in [4.69, 9.17) is 15.4 Å². The molecule has 3 rings (SSSR count). The Morgan fingerprint density at radius 3 is 3.14 bits per heavy atom. The zero-order valence-corrected chi connectivity index (χ0v) is 13.6. The molecule has 1 aromatic rings. The summed E-state index contributed by atoms with van der Waals surface area (Å²) >= 11 is 3.54. The summed E-state index contributed by atoms with van der Waals surface area (Å²) in [7, 11) is 0. The third-order valence-corrected chi connectivity index (χ3v) is 5.05. The molecule has 2 aliphatic rings. The van der Waals surface area contributed by atoms with Crippen LogP contribution in [0.1, 0.15) is 37.7 Å². The molecule has 21 heavy (non-hydrogen) atoms. The van der Waals surface area contributed by atoms with Gasteiger partial charge in [-0.1, -0.05) is 29.3 Å². The molecule has 2 unspecified atom stereocenters. The fourth-order valence-electron chi connectivity index (χ4n) is 3.60. The molecule has 3 N–H and O–H groups in total. The minimum atomic E-state index is -0.276. The summed E-state index contributed by atoms with van der Waals surface area (Å²) in [6, 6.07) is 6.18. The highest BCUT2D eigenvalue weighted by Crippen LogP contribution is 2.51. The summed E-state index contributed by atoms with van der Waals surface area (Å²) in [6.07, 6.45) is 3.03. The van der Waals surface area contributed by atoms with E-state index in [1.807, 2.05) is 22.5 Å². The van der Waals surface area contributed by atoms with E-state index < -0.39 is 0 Å². The number of fused-ring (bicyclic) bond motifs is 1. The van der Waals surface area contributed by atoms with Crippen LogP contribution in [0.3, 0.4) is 0 Å². The molecule has 0 radical (unpaired) electrons. The number of benzene rings is 1. The van der Waals surface area contributed by atoms with E-state index >= 15 is 0 Å². The van der Waals surface area contributed by atoms with Gasteiger partial charge >= 0.3 is 0 Å². The molecular formula is C15H20BrN3O2. The van der Waals surface area contributed by atoms with Crippen molar-refractivity contribution in [2.45, 2.75) is 37.7 Å². The predicted molar refractivity (Wildman–Crippen MR) is 84.0 cm³/mol. The Labute approximate surface area is 132 Å². The molecule has 1 aromatic carbocycles. The fraction of sp³-hybridized carbons (Fsp3) is 0.533. The number of nitrogens with zero attached hydrogens (tertiary/aromatic N) is 1. The summed E-state index contributed by atoms with van der Waals surface area (Å²) in [5.41, 5.74) is 2.92. The number of guanidine groups is 1. The first-order valence-electron chi connectivity index (χ1n) is 7.31. The van der Waals surface area contributed by atoms with Crippen molar-refractivity contribution in [3.05, 3.63) is 28.2 Å². The standard InChI is InChI=1S/C15H20BrN3O2/c1-2-3-12-11-8-10(16)4-5-13(11)21-15(12)6-7-19(9-15)14(17)18-20/h4-5,8,12,20H,2-3,6-7,9H2,1H3,(H2,17,18). The van der Waals surface area contributed by atoms with Crippen LogP contribution in [0.4, 0.5) is 0 Å². The summed E-state index contributed by atoms with van der Waals surface area (Å²) in [5.74, 6) is 1.34. The average Bonchev–Trinajstić information content (AvgIpc) is 3.02. The van der Waals surface area contributed by atoms with Crippen molar-refractivity contribution >= 4 is 21.9 Å². The second-order valence-electron chi connectivity index (χ2n) is 5.82. The SMILES string of the molecule is CCCC1c2cc(Br)ccc2OC12CCN(C(=N)NO)C2. The molecule has 2 atom stereocenters. The van der Waals surface area contributed by atoms with E-state index in [2.05, 4.69) is 28.9 Å². The first-order chi connectivity index (χ1) is 10.1. The van der Waals surface area contributed by atoms with Crippen molar-refractivity contribution in [3.63, 3.8) is 0 Å². The minimum absolute atomic E-state index is 0.0443. The molecule has 2 aliphatic heterocycles. The quantitative estimate of drug-likeness (QED) is 0.434. The third-order valence-electron chi connectivity index (χ3n) is 4.56. The van der Waals surface area contributed by atoms with Gasteiger partial charge in [-0.05, 0) is 24.6 Å². The number of hydroxylamine groups is 1. The molecule has 5 nitrogen and oxygen atoms in total. The maximum Gasteiger partial charge on any atom is 0.215 e. The van der Waals surface area contributed by atoms with Crippen LogP contribution < -0.4 is 10.2 Å². The predicted octanol–water partition coefficient (Wildman–Crippen LogP) is 3.08. The highest BCUT2D eigenvalue weighted by molar-refractivity contribution is 9.10. The van der Waals surface area contributed by atoms with Gasteiger partial charge in [0.2, 0.25) is 5.96 Å². The van der Waals surface area contributed by atoms with Crippen molar-refractivity contribution in [3.8, 4) is 5.75 Å². The number of ether oxygens (including phenoxy) is 1. The lowest BCUT2D eigenvalue weighted by molar-refractivity contribution is 0.0779. The van der Waals surface area contributed by atoms with Crippen LogP contribution in [0.5, 0.6) is 5.75 Å². The van der Waals surface area contributed by atoms with Crippen LogP contribution in [0.15, 0.2) is 22.7 Å².